The second-order valence-electron chi connectivity index (χ2n) is 2.63. The number of nitro groups is 1. The van der Waals surface area contributed by atoms with Crippen molar-refractivity contribution in [3.05, 3.63) is 39.9 Å². The largest absolute Gasteiger partial charge is 0.285 e. The van der Waals surface area contributed by atoms with Crippen LogP contribution in [0.1, 0.15) is 5.56 Å². The van der Waals surface area contributed by atoms with E-state index in [4.69, 9.17) is 0 Å². The second kappa shape index (κ2) is 3.30. The number of amidine groups is 1. The lowest BCUT2D eigenvalue weighted by molar-refractivity contribution is -0.384. The molecule has 2 rings (SSSR count). The third-order valence-corrected chi connectivity index (χ3v) is 1.76. The molecule has 0 aliphatic carbocycles. The number of nitrogens with zero attached hydrogens (tertiary/aromatic N) is 2. The van der Waals surface area contributed by atoms with Crippen LogP contribution >= 0.6 is 0 Å². The fraction of sp³-hybridized carbons (Fsp3) is 0. The number of hydrogen-bond donors (Lipinski definition) is 3. The molecular formula is C7H7N5O2. The van der Waals surface area contributed by atoms with Gasteiger partial charge in [0.05, 0.1) is 4.92 Å². The molecule has 0 aromatic heterocycles. The summed E-state index contributed by atoms with van der Waals surface area (Å²) in [7, 11) is 0. The lowest BCUT2D eigenvalue weighted by Crippen LogP contribution is -2.35. The molecular weight excluding hydrogens is 186 g/mol. The highest BCUT2D eigenvalue weighted by molar-refractivity contribution is 5.99. The maximum absolute atomic E-state index is 10.4. The smallest absolute Gasteiger partial charge is 0.269 e. The Morgan fingerprint density at radius 2 is 2.00 bits per heavy atom. The van der Waals surface area contributed by atoms with E-state index in [0.717, 1.165) is 5.56 Å². The van der Waals surface area contributed by atoms with Crippen LogP contribution in [-0.2, 0) is 0 Å². The second-order valence-corrected chi connectivity index (χ2v) is 2.63. The van der Waals surface area contributed by atoms with Gasteiger partial charge in [-0.15, -0.1) is 10.6 Å². The molecule has 1 aliphatic rings. The maximum atomic E-state index is 10.4. The highest BCUT2D eigenvalue weighted by Crippen LogP contribution is 2.12. The van der Waals surface area contributed by atoms with Gasteiger partial charge in [0.1, 0.15) is 0 Å². The van der Waals surface area contributed by atoms with Crippen LogP contribution in [0.15, 0.2) is 29.4 Å². The van der Waals surface area contributed by atoms with Crippen molar-refractivity contribution >= 4 is 11.5 Å². The maximum Gasteiger partial charge on any atom is 0.269 e. The Morgan fingerprint density at radius 3 is 2.50 bits per heavy atom. The van der Waals surface area contributed by atoms with Gasteiger partial charge >= 0.3 is 0 Å². The van der Waals surface area contributed by atoms with E-state index in [-0.39, 0.29) is 5.69 Å². The SMILES string of the molecule is O=[N+]([O-])c1ccc(C2=NNNN2)cc1. The molecule has 0 bridgehead atoms. The molecule has 3 N–H and O–H groups in total. The summed E-state index contributed by atoms with van der Waals surface area (Å²) in [6, 6.07) is 6.10. The van der Waals surface area contributed by atoms with Gasteiger partial charge in [0, 0.05) is 17.7 Å². The zero-order chi connectivity index (χ0) is 9.97. The van der Waals surface area contributed by atoms with E-state index in [0.29, 0.717) is 5.84 Å². The molecule has 7 nitrogen and oxygen atoms in total. The molecule has 1 aromatic rings. The minimum Gasteiger partial charge on any atom is -0.285 e. The summed E-state index contributed by atoms with van der Waals surface area (Å²) in [6.07, 6.45) is 0. The zero-order valence-electron chi connectivity index (χ0n) is 7.02. The van der Waals surface area contributed by atoms with E-state index in [9.17, 15) is 10.1 Å². The number of nitrogens with one attached hydrogen (secondary N) is 3. The molecule has 14 heavy (non-hydrogen) atoms. The monoisotopic (exact) mass is 193 g/mol. The summed E-state index contributed by atoms with van der Waals surface area (Å²) >= 11 is 0. The van der Waals surface area contributed by atoms with Gasteiger partial charge in [-0.1, -0.05) is 0 Å². The average Bonchev–Trinajstić information content (AvgIpc) is 2.71. The van der Waals surface area contributed by atoms with Crippen LogP contribution in [0.25, 0.3) is 0 Å². The van der Waals surface area contributed by atoms with Crippen molar-refractivity contribution < 1.29 is 4.92 Å². The van der Waals surface area contributed by atoms with Crippen LogP contribution in [0, 0.1) is 10.1 Å². The Labute approximate surface area is 78.9 Å². The Balaban J connectivity index is 2.25. The molecule has 0 unspecified atom stereocenters. The molecule has 1 aromatic carbocycles. The minimum atomic E-state index is -0.440. The van der Waals surface area contributed by atoms with E-state index in [2.05, 4.69) is 21.6 Å². The van der Waals surface area contributed by atoms with Gasteiger partial charge in [0.25, 0.3) is 5.69 Å². The van der Waals surface area contributed by atoms with E-state index >= 15 is 0 Å². The lowest BCUT2D eigenvalue weighted by Gasteiger charge is -1.99. The molecule has 0 spiro atoms. The molecule has 7 heteroatoms. The first-order valence-electron chi connectivity index (χ1n) is 3.86. The van der Waals surface area contributed by atoms with Crippen LogP contribution in [0.3, 0.4) is 0 Å². The van der Waals surface area contributed by atoms with Gasteiger partial charge in [-0.05, 0) is 12.1 Å². The van der Waals surface area contributed by atoms with E-state index in [1.807, 2.05) is 0 Å². The standard InChI is InChI=1S/C7H7N5O2/c13-12(14)6-3-1-5(2-4-6)7-8-10-11-9-7/h1-4,10-11H,(H,8,9). The van der Waals surface area contributed by atoms with Crippen molar-refractivity contribution in [2.75, 3.05) is 0 Å². The van der Waals surface area contributed by atoms with Gasteiger partial charge in [-0.25, -0.2) is 5.53 Å². The van der Waals surface area contributed by atoms with Crippen LogP contribution < -0.4 is 16.5 Å². The number of benzene rings is 1. The Bertz CT molecular complexity index is 386. The topological polar surface area (TPSA) is 91.6 Å². The molecule has 0 radical (unpaired) electrons. The normalized spacial score (nSPS) is 14.1. The highest BCUT2D eigenvalue weighted by atomic mass is 16.6. The third kappa shape index (κ3) is 1.48. The minimum absolute atomic E-state index is 0.0632. The van der Waals surface area contributed by atoms with Crippen molar-refractivity contribution in [3.8, 4) is 0 Å². The zero-order valence-corrected chi connectivity index (χ0v) is 7.02. The fourth-order valence-corrected chi connectivity index (χ4v) is 1.08. The first-order valence-corrected chi connectivity index (χ1v) is 3.86. The van der Waals surface area contributed by atoms with Crippen molar-refractivity contribution in [1.82, 2.24) is 16.5 Å². The molecule has 0 atom stereocenters. The molecule has 0 amide bonds. The van der Waals surface area contributed by atoms with Crippen LogP contribution in [0.2, 0.25) is 0 Å². The summed E-state index contributed by atoms with van der Waals surface area (Å²) in [4.78, 5) is 9.93. The number of hydrazone groups is 1. The molecule has 72 valence electrons. The number of hydrazine groups is 2. The number of rotatable bonds is 2. The first-order chi connectivity index (χ1) is 6.77. The fourth-order valence-electron chi connectivity index (χ4n) is 1.08. The summed E-state index contributed by atoms with van der Waals surface area (Å²) in [5.74, 6) is 0.597. The summed E-state index contributed by atoms with van der Waals surface area (Å²) < 4.78 is 0. The van der Waals surface area contributed by atoms with Gasteiger partial charge in [-0.3, -0.25) is 15.5 Å². The Hall–Kier alpha value is -2.15. The quantitative estimate of drug-likeness (QED) is 0.449. The Morgan fingerprint density at radius 1 is 1.29 bits per heavy atom. The molecule has 0 fully saturated rings. The lowest BCUT2D eigenvalue weighted by atomic mass is 10.2. The molecule has 1 heterocycles. The highest BCUT2D eigenvalue weighted by Gasteiger charge is 2.09. The van der Waals surface area contributed by atoms with Gasteiger partial charge in [0.15, 0.2) is 5.84 Å². The number of nitro benzene ring substituents is 1. The van der Waals surface area contributed by atoms with E-state index in [1.165, 1.54) is 12.1 Å². The van der Waals surface area contributed by atoms with Gasteiger partial charge in [-0.2, -0.15) is 0 Å². The van der Waals surface area contributed by atoms with Gasteiger partial charge in [0.2, 0.25) is 0 Å². The van der Waals surface area contributed by atoms with Crippen LogP contribution in [-0.4, -0.2) is 10.8 Å². The van der Waals surface area contributed by atoms with Crippen molar-refractivity contribution in [2.45, 2.75) is 0 Å². The summed E-state index contributed by atoms with van der Waals surface area (Å²) in [5.41, 5.74) is 8.65. The Kier molecular flexibility index (Phi) is 1.99. The number of non-ortho nitro benzene ring substituents is 1. The van der Waals surface area contributed by atoms with E-state index < -0.39 is 4.92 Å². The third-order valence-electron chi connectivity index (χ3n) is 1.76. The molecule has 0 saturated carbocycles. The summed E-state index contributed by atoms with van der Waals surface area (Å²) in [6.45, 7) is 0. The molecule has 1 aliphatic heterocycles. The predicted molar refractivity (Wildman–Crippen MR) is 49.0 cm³/mol. The number of hydrogen-bond acceptors (Lipinski definition) is 6. The first kappa shape index (κ1) is 8.45. The van der Waals surface area contributed by atoms with Crippen molar-refractivity contribution in [2.24, 2.45) is 5.10 Å². The predicted octanol–water partition coefficient (Wildman–Crippen LogP) is -0.131. The van der Waals surface area contributed by atoms with Crippen LogP contribution in [0.4, 0.5) is 5.69 Å². The van der Waals surface area contributed by atoms with Gasteiger partial charge < -0.3 is 0 Å². The molecule has 0 saturated heterocycles. The van der Waals surface area contributed by atoms with Crippen molar-refractivity contribution in [3.63, 3.8) is 0 Å². The van der Waals surface area contributed by atoms with Crippen LogP contribution in [0.5, 0.6) is 0 Å². The van der Waals surface area contributed by atoms with Crippen molar-refractivity contribution in [1.29, 1.82) is 0 Å². The van der Waals surface area contributed by atoms with E-state index in [1.54, 1.807) is 12.1 Å². The average molecular weight is 193 g/mol. The summed E-state index contributed by atoms with van der Waals surface area (Å²) in [5, 5.41) is 14.2.